The van der Waals surface area contributed by atoms with Gasteiger partial charge in [-0.25, -0.2) is 4.39 Å². The fourth-order valence-electron chi connectivity index (χ4n) is 1.22. The Kier molecular flexibility index (Phi) is 6.10. The zero-order valence-corrected chi connectivity index (χ0v) is 9.87. The highest BCUT2D eigenvalue weighted by Gasteiger charge is 2.11. The van der Waals surface area contributed by atoms with E-state index >= 15 is 0 Å². The number of ether oxygens (including phenoxy) is 2. The van der Waals surface area contributed by atoms with Crippen LogP contribution in [0.4, 0.5) is 18.9 Å². The molecular formula is C11H13F3N2O3. The SMILES string of the molecule is NCCOCC(=O)Nc1ccc(OC(F)F)c(F)c1. The Morgan fingerprint density at radius 3 is 2.74 bits per heavy atom. The van der Waals surface area contributed by atoms with Gasteiger partial charge in [-0.15, -0.1) is 0 Å². The van der Waals surface area contributed by atoms with Crippen molar-refractivity contribution >= 4 is 11.6 Å². The second kappa shape index (κ2) is 7.59. The molecule has 0 fully saturated rings. The molecule has 8 heteroatoms. The summed E-state index contributed by atoms with van der Waals surface area (Å²) in [5.74, 6) is -2.09. The summed E-state index contributed by atoms with van der Waals surface area (Å²) in [7, 11) is 0. The molecule has 0 aromatic heterocycles. The van der Waals surface area contributed by atoms with Crippen LogP contribution in [0, 0.1) is 5.82 Å². The fraction of sp³-hybridized carbons (Fsp3) is 0.364. The Bertz CT molecular complexity index is 430. The Balaban J connectivity index is 2.55. The molecule has 19 heavy (non-hydrogen) atoms. The lowest BCUT2D eigenvalue weighted by Crippen LogP contribution is -2.20. The maximum atomic E-state index is 13.3. The Labute approximate surface area is 107 Å². The first-order valence-corrected chi connectivity index (χ1v) is 5.35. The molecule has 1 aromatic carbocycles. The first-order chi connectivity index (χ1) is 9.02. The minimum atomic E-state index is -3.11. The van der Waals surface area contributed by atoms with Crippen LogP contribution in [0.1, 0.15) is 0 Å². The molecule has 0 radical (unpaired) electrons. The summed E-state index contributed by atoms with van der Waals surface area (Å²) in [6.45, 7) is -2.84. The molecule has 1 amide bonds. The summed E-state index contributed by atoms with van der Waals surface area (Å²) >= 11 is 0. The van der Waals surface area contributed by atoms with Crippen molar-refractivity contribution in [2.24, 2.45) is 5.73 Å². The second-order valence-electron chi connectivity index (χ2n) is 3.41. The van der Waals surface area contributed by atoms with Gasteiger partial charge in [-0.2, -0.15) is 8.78 Å². The number of rotatable bonds is 7. The van der Waals surface area contributed by atoms with E-state index in [1.165, 1.54) is 6.07 Å². The molecule has 0 atom stereocenters. The predicted octanol–water partition coefficient (Wildman–Crippen LogP) is 1.34. The van der Waals surface area contributed by atoms with Gasteiger partial charge in [0, 0.05) is 18.3 Å². The van der Waals surface area contributed by atoms with Gasteiger partial charge in [-0.3, -0.25) is 4.79 Å². The largest absolute Gasteiger partial charge is 0.432 e. The van der Waals surface area contributed by atoms with Crippen molar-refractivity contribution < 1.29 is 27.4 Å². The predicted molar refractivity (Wildman–Crippen MR) is 61.5 cm³/mol. The van der Waals surface area contributed by atoms with Crippen molar-refractivity contribution in [1.82, 2.24) is 0 Å². The summed E-state index contributed by atoms with van der Waals surface area (Å²) in [5, 5.41) is 2.33. The van der Waals surface area contributed by atoms with Crippen LogP contribution in [0.25, 0.3) is 0 Å². The number of anilines is 1. The van der Waals surface area contributed by atoms with Gasteiger partial charge >= 0.3 is 6.61 Å². The van der Waals surface area contributed by atoms with E-state index in [1.807, 2.05) is 0 Å². The highest BCUT2D eigenvalue weighted by Crippen LogP contribution is 2.22. The fourth-order valence-corrected chi connectivity index (χ4v) is 1.22. The van der Waals surface area contributed by atoms with Gasteiger partial charge in [-0.05, 0) is 12.1 Å². The Morgan fingerprint density at radius 2 is 2.16 bits per heavy atom. The molecule has 0 aliphatic heterocycles. The van der Waals surface area contributed by atoms with E-state index in [4.69, 9.17) is 10.5 Å². The number of carbonyl (C=O) groups excluding carboxylic acids is 1. The average molecular weight is 278 g/mol. The van der Waals surface area contributed by atoms with Gasteiger partial charge in [0.1, 0.15) is 6.61 Å². The number of benzene rings is 1. The van der Waals surface area contributed by atoms with Gasteiger partial charge in [-0.1, -0.05) is 0 Å². The minimum Gasteiger partial charge on any atom is -0.432 e. The van der Waals surface area contributed by atoms with Gasteiger partial charge in [0.05, 0.1) is 6.61 Å². The zero-order valence-electron chi connectivity index (χ0n) is 9.87. The number of nitrogens with one attached hydrogen (secondary N) is 1. The van der Waals surface area contributed by atoms with E-state index in [0.717, 1.165) is 12.1 Å². The smallest absolute Gasteiger partial charge is 0.387 e. The van der Waals surface area contributed by atoms with E-state index in [0.29, 0.717) is 0 Å². The van der Waals surface area contributed by atoms with Gasteiger partial charge in [0.25, 0.3) is 0 Å². The highest BCUT2D eigenvalue weighted by atomic mass is 19.3. The number of hydrogen-bond donors (Lipinski definition) is 2. The Hall–Kier alpha value is -1.80. The summed E-state index contributed by atoms with van der Waals surface area (Å²) < 4.78 is 45.9. The zero-order chi connectivity index (χ0) is 14.3. The number of alkyl halides is 2. The number of hydrogen-bond acceptors (Lipinski definition) is 4. The molecule has 1 rings (SSSR count). The van der Waals surface area contributed by atoms with Gasteiger partial charge in [0.15, 0.2) is 11.6 Å². The molecule has 0 saturated heterocycles. The van der Waals surface area contributed by atoms with Crippen LogP contribution in [0.15, 0.2) is 18.2 Å². The Morgan fingerprint density at radius 1 is 1.42 bits per heavy atom. The number of amides is 1. The lowest BCUT2D eigenvalue weighted by molar-refractivity contribution is -0.120. The van der Waals surface area contributed by atoms with E-state index in [2.05, 4.69) is 10.1 Å². The highest BCUT2D eigenvalue weighted by molar-refractivity contribution is 5.91. The minimum absolute atomic E-state index is 0.112. The van der Waals surface area contributed by atoms with E-state index in [-0.39, 0.29) is 25.4 Å². The van der Waals surface area contributed by atoms with Crippen LogP contribution in [-0.4, -0.2) is 32.3 Å². The molecule has 106 valence electrons. The van der Waals surface area contributed by atoms with Crippen molar-refractivity contribution in [3.05, 3.63) is 24.0 Å². The van der Waals surface area contributed by atoms with Crippen LogP contribution in [-0.2, 0) is 9.53 Å². The van der Waals surface area contributed by atoms with E-state index < -0.39 is 24.1 Å². The number of halogens is 3. The maximum absolute atomic E-state index is 13.3. The first-order valence-electron chi connectivity index (χ1n) is 5.35. The normalized spacial score (nSPS) is 10.6. The molecular weight excluding hydrogens is 265 g/mol. The van der Waals surface area contributed by atoms with Crippen molar-refractivity contribution in [2.75, 3.05) is 25.1 Å². The van der Waals surface area contributed by atoms with E-state index in [1.54, 1.807) is 0 Å². The van der Waals surface area contributed by atoms with Crippen LogP contribution >= 0.6 is 0 Å². The first kappa shape index (κ1) is 15.3. The van der Waals surface area contributed by atoms with Crippen molar-refractivity contribution in [3.8, 4) is 5.75 Å². The molecule has 0 aliphatic carbocycles. The maximum Gasteiger partial charge on any atom is 0.387 e. The molecule has 0 spiro atoms. The number of nitrogens with two attached hydrogens (primary N) is 1. The van der Waals surface area contributed by atoms with Crippen molar-refractivity contribution in [3.63, 3.8) is 0 Å². The molecule has 5 nitrogen and oxygen atoms in total. The monoisotopic (exact) mass is 278 g/mol. The summed E-state index contributed by atoms with van der Waals surface area (Å²) in [6.07, 6.45) is 0. The number of carbonyl (C=O) groups is 1. The third kappa shape index (κ3) is 5.58. The topological polar surface area (TPSA) is 73.6 Å². The molecule has 0 bridgehead atoms. The molecule has 0 aliphatic rings. The van der Waals surface area contributed by atoms with Crippen molar-refractivity contribution in [2.45, 2.75) is 6.61 Å². The standard InChI is InChI=1S/C11H13F3N2O3/c12-8-5-7(1-2-9(8)19-11(13)14)16-10(17)6-18-4-3-15/h1-2,5,11H,3-4,6,15H2,(H,16,17). The lowest BCUT2D eigenvalue weighted by Gasteiger charge is -2.09. The van der Waals surface area contributed by atoms with Crippen molar-refractivity contribution in [1.29, 1.82) is 0 Å². The summed E-state index contributed by atoms with van der Waals surface area (Å²) in [4.78, 5) is 11.3. The molecule has 3 N–H and O–H groups in total. The average Bonchev–Trinajstić information content (AvgIpc) is 2.32. The van der Waals surface area contributed by atoms with Crippen LogP contribution in [0.3, 0.4) is 0 Å². The second-order valence-corrected chi connectivity index (χ2v) is 3.41. The third-order valence-electron chi connectivity index (χ3n) is 1.93. The molecule has 1 aromatic rings. The molecule has 0 saturated carbocycles. The lowest BCUT2D eigenvalue weighted by atomic mass is 10.3. The summed E-state index contributed by atoms with van der Waals surface area (Å²) in [5.41, 5.74) is 5.27. The van der Waals surface area contributed by atoms with Crippen LogP contribution in [0.2, 0.25) is 0 Å². The molecule has 0 heterocycles. The quantitative estimate of drug-likeness (QED) is 0.738. The summed E-state index contributed by atoms with van der Waals surface area (Å²) in [6, 6.07) is 3.11. The van der Waals surface area contributed by atoms with Crippen LogP contribution < -0.4 is 15.8 Å². The van der Waals surface area contributed by atoms with Gasteiger partial charge in [0.2, 0.25) is 5.91 Å². The van der Waals surface area contributed by atoms with E-state index in [9.17, 15) is 18.0 Å². The van der Waals surface area contributed by atoms with Crippen LogP contribution in [0.5, 0.6) is 5.75 Å². The molecule has 0 unspecified atom stereocenters. The third-order valence-corrected chi connectivity index (χ3v) is 1.93. The van der Waals surface area contributed by atoms with Gasteiger partial charge < -0.3 is 20.5 Å².